The maximum atomic E-state index is 14.3. The molecule has 0 radical (unpaired) electrons. The molecule has 2 aromatic carbocycles. The van der Waals surface area contributed by atoms with Gasteiger partial charge in [-0.15, -0.1) is 6.42 Å². The lowest BCUT2D eigenvalue weighted by Crippen LogP contribution is -2.61. The summed E-state index contributed by atoms with van der Waals surface area (Å²) in [6.45, 7) is 0.938. The minimum absolute atomic E-state index is 0.0182. The van der Waals surface area contributed by atoms with Crippen LogP contribution < -0.4 is 15.6 Å². The number of benzene rings is 2. The van der Waals surface area contributed by atoms with Crippen molar-refractivity contribution in [3.63, 3.8) is 0 Å². The summed E-state index contributed by atoms with van der Waals surface area (Å²) in [4.78, 5) is 86.9. The van der Waals surface area contributed by atoms with E-state index in [1.165, 1.54) is 35.9 Å². The topological polar surface area (TPSA) is 329 Å². The number of carboxylic acids is 1. The third-order valence-electron chi connectivity index (χ3n) is 12.8. The highest BCUT2D eigenvalue weighted by Crippen LogP contribution is 2.42. The van der Waals surface area contributed by atoms with Crippen molar-refractivity contribution in [2.45, 2.75) is 89.2 Å². The molecule has 2 aromatic heterocycles. The van der Waals surface area contributed by atoms with E-state index in [9.17, 15) is 62.7 Å². The summed E-state index contributed by atoms with van der Waals surface area (Å²) in [5.74, 6) is -2.37. The van der Waals surface area contributed by atoms with Gasteiger partial charge in [0.1, 0.15) is 66.2 Å². The van der Waals surface area contributed by atoms with Crippen LogP contribution in [0.3, 0.4) is 0 Å². The number of aromatic nitrogens is 2. The normalized spacial score (nSPS) is 20.8. The van der Waals surface area contributed by atoms with Gasteiger partial charge in [-0.3, -0.25) is 19.3 Å². The van der Waals surface area contributed by atoms with E-state index in [0.29, 0.717) is 23.3 Å². The number of pyridine rings is 2. The largest absolute Gasteiger partial charge is 0.508 e. The van der Waals surface area contributed by atoms with Gasteiger partial charge in [0.05, 0.1) is 60.0 Å². The third kappa shape index (κ3) is 11.5. The lowest BCUT2D eigenvalue weighted by molar-refractivity contribution is -0.271. The summed E-state index contributed by atoms with van der Waals surface area (Å²) in [5.41, 5.74) is 0.886. The van der Waals surface area contributed by atoms with Crippen LogP contribution in [-0.4, -0.2) is 166 Å². The molecule has 3 aliphatic heterocycles. The second kappa shape index (κ2) is 22.5. The average molecular weight is 1050 g/mol. The predicted octanol–water partition coefficient (Wildman–Crippen LogP) is 0.721. The maximum Gasteiger partial charge on any atom is 0.411 e. The molecule has 4 aromatic rings. The van der Waals surface area contributed by atoms with Crippen molar-refractivity contribution in [1.29, 1.82) is 0 Å². The zero-order chi connectivity index (χ0) is 53.8. The SMILES string of the molecule is C#CCOCCC(=O)N(C)CC(=O)Nc1cc(COC(=O)N(CCS(C)(=O)=O)CO[C@]2(CC)C(=O)OCc3c2cc2n(c3=O)Cc3c-2nc2ccc(O)cc2c3CC)ccc1O[C@@H]1O[C@H](C(=O)O)[C@@H](O)[C@H](O)[C@H]1O. The quantitative estimate of drug-likeness (QED) is 0.0271. The summed E-state index contributed by atoms with van der Waals surface area (Å²) >= 11 is 0. The van der Waals surface area contributed by atoms with Crippen LogP contribution in [0.15, 0.2) is 47.3 Å². The Morgan fingerprint density at radius 3 is 2.49 bits per heavy atom. The van der Waals surface area contributed by atoms with E-state index in [1.54, 1.807) is 25.1 Å². The number of carbonyl (C=O) groups excluding carboxylic acids is 4. The van der Waals surface area contributed by atoms with Gasteiger partial charge in [0.25, 0.3) is 5.56 Å². The number of amides is 3. The molecular weight excluding hydrogens is 995 g/mol. The Morgan fingerprint density at radius 2 is 1.80 bits per heavy atom. The van der Waals surface area contributed by atoms with E-state index in [1.807, 2.05) is 6.92 Å². The number of carboxylic acid groups (broad SMARTS) is 1. The number of sulfone groups is 1. The van der Waals surface area contributed by atoms with Crippen LogP contribution in [0, 0.1) is 12.3 Å². The highest BCUT2D eigenvalue weighted by Gasteiger charge is 2.50. The van der Waals surface area contributed by atoms with E-state index in [4.69, 9.17) is 39.8 Å². The highest BCUT2D eigenvalue weighted by molar-refractivity contribution is 7.90. The number of rotatable bonds is 20. The number of aliphatic hydroxyl groups excluding tert-OH is 3. The number of aliphatic hydroxyl groups is 3. The average Bonchev–Trinajstić information content (AvgIpc) is 3.72. The van der Waals surface area contributed by atoms with E-state index < -0.39 is 114 Å². The number of hydrogen-bond donors (Lipinski definition) is 6. The molecule has 7 rings (SSSR count). The Labute approximate surface area is 423 Å². The molecule has 6 atom stereocenters. The number of aromatic hydroxyl groups is 1. The Hall–Kier alpha value is -7.18. The lowest BCUT2D eigenvalue weighted by atomic mass is 9.85. The number of ether oxygens (including phenoxy) is 6. The van der Waals surface area contributed by atoms with Gasteiger partial charge in [-0.25, -0.2) is 27.8 Å². The van der Waals surface area contributed by atoms with Crippen molar-refractivity contribution < 1.29 is 86.3 Å². The molecule has 0 aliphatic carbocycles. The number of aryl methyl sites for hydroxylation is 1. The van der Waals surface area contributed by atoms with Gasteiger partial charge in [-0.1, -0.05) is 25.8 Å². The first-order chi connectivity index (χ1) is 35.1. The standard InChI is InChI=1S/C49H55N5O19S/c1-6-15-68-16-13-38(57)52(4)22-37(56)50-34-18-26(9-12-36(34)72-46-42(60)40(58)41(59)43(73-46)45(62)63)23-70-48(65)53(14-17-74(5,66)67)25-71-49(8-3)32-20-35-39-30(21-54(35)44(61)31(32)24-69-47(49)64)28(7-2)29-19-27(55)10-11-33(29)51-39/h1,9-12,18-20,40-43,46,55,58-60H,7-8,13-17,21-25H2,2-5H3,(H,50,56)(H,62,63)/t40-,41-,42+,43-,46+,49-/m0/s1. The number of hydrogen-bond acceptors (Lipinski definition) is 19. The molecule has 0 spiro atoms. The van der Waals surface area contributed by atoms with Gasteiger partial charge in [-0.2, -0.15) is 0 Å². The molecule has 6 N–H and O–H groups in total. The molecule has 3 aliphatic rings. The second-order valence-corrected chi connectivity index (χ2v) is 20.0. The molecule has 1 saturated heterocycles. The first-order valence-electron chi connectivity index (χ1n) is 23.2. The summed E-state index contributed by atoms with van der Waals surface area (Å²) in [7, 11) is -2.38. The number of anilines is 1. The van der Waals surface area contributed by atoms with Crippen LogP contribution in [0.5, 0.6) is 11.5 Å². The Balaban J connectivity index is 1.14. The predicted molar refractivity (Wildman–Crippen MR) is 258 cm³/mol. The van der Waals surface area contributed by atoms with Crippen LogP contribution >= 0.6 is 0 Å². The van der Waals surface area contributed by atoms with Crippen molar-refractivity contribution in [1.82, 2.24) is 19.4 Å². The van der Waals surface area contributed by atoms with Crippen LogP contribution in [-0.2, 0) is 84.5 Å². The molecule has 1 fully saturated rings. The smallest absolute Gasteiger partial charge is 0.411 e. The number of nitrogens with one attached hydrogen (secondary N) is 1. The summed E-state index contributed by atoms with van der Waals surface area (Å²) in [6.07, 6.45) is -4.72. The third-order valence-corrected chi connectivity index (χ3v) is 13.7. The van der Waals surface area contributed by atoms with E-state index in [2.05, 4.69) is 11.2 Å². The van der Waals surface area contributed by atoms with Crippen molar-refractivity contribution in [2.24, 2.45) is 0 Å². The number of carbonyl (C=O) groups is 5. The maximum absolute atomic E-state index is 14.3. The summed E-state index contributed by atoms with van der Waals surface area (Å²) in [6, 6.07) is 10.2. The zero-order valence-electron chi connectivity index (χ0n) is 40.6. The van der Waals surface area contributed by atoms with Crippen molar-refractivity contribution in [3.05, 3.63) is 80.6 Å². The monoisotopic (exact) mass is 1050 g/mol. The summed E-state index contributed by atoms with van der Waals surface area (Å²) in [5, 5.41) is 54.4. The lowest BCUT2D eigenvalue weighted by Gasteiger charge is -2.38. The molecule has 0 saturated carbocycles. The molecule has 25 heteroatoms. The van der Waals surface area contributed by atoms with Gasteiger partial charge < -0.3 is 68.7 Å². The number of esters is 1. The second-order valence-electron chi connectivity index (χ2n) is 17.8. The summed E-state index contributed by atoms with van der Waals surface area (Å²) < 4.78 is 60.0. The molecule has 5 heterocycles. The number of aliphatic carboxylic acids is 1. The molecule has 24 nitrogen and oxygen atoms in total. The molecule has 74 heavy (non-hydrogen) atoms. The number of cyclic esters (lactones) is 1. The van der Waals surface area contributed by atoms with E-state index >= 15 is 0 Å². The molecule has 3 amide bonds. The minimum Gasteiger partial charge on any atom is -0.508 e. The van der Waals surface area contributed by atoms with Crippen LogP contribution in [0.25, 0.3) is 22.3 Å². The molecule has 0 bridgehead atoms. The van der Waals surface area contributed by atoms with Crippen LogP contribution in [0.1, 0.15) is 54.5 Å². The number of nitrogens with zero attached hydrogens (tertiary/aromatic N) is 4. The fourth-order valence-electron chi connectivity index (χ4n) is 8.81. The highest BCUT2D eigenvalue weighted by atomic mass is 32.2. The van der Waals surface area contributed by atoms with Gasteiger partial charge in [0.2, 0.25) is 18.1 Å². The van der Waals surface area contributed by atoms with Crippen LogP contribution in [0.2, 0.25) is 0 Å². The van der Waals surface area contributed by atoms with E-state index in [-0.39, 0.29) is 73.1 Å². The number of phenols is 1. The minimum atomic E-state index is -3.73. The first kappa shape index (κ1) is 54.6. The number of fused-ring (bicyclic) bond motifs is 5. The Kier molecular flexibility index (Phi) is 16.6. The van der Waals surface area contributed by atoms with Gasteiger partial charge in [0, 0.05) is 36.4 Å². The first-order valence-corrected chi connectivity index (χ1v) is 25.3. The van der Waals surface area contributed by atoms with Gasteiger partial charge >= 0.3 is 18.0 Å². The number of likely N-dealkylation sites (N-methyl/N-ethyl adjacent to an activating group) is 1. The number of phenolic OH excluding ortho intramolecular Hbond substituents is 1. The zero-order valence-corrected chi connectivity index (χ0v) is 41.5. The number of terminal acetylenes is 1. The fraction of sp³-hybridized carbons (Fsp3) is 0.449. The van der Waals surface area contributed by atoms with Gasteiger partial charge in [0.15, 0.2) is 11.7 Å². The van der Waals surface area contributed by atoms with Crippen LogP contribution in [0.4, 0.5) is 10.5 Å². The van der Waals surface area contributed by atoms with Crippen molar-refractivity contribution >= 4 is 56.3 Å². The fourth-order valence-corrected chi connectivity index (χ4v) is 9.36. The van der Waals surface area contributed by atoms with E-state index in [0.717, 1.165) is 32.6 Å². The van der Waals surface area contributed by atoms with Crippen molar-refractivity contribution in [2.75, 3.05) is 57.4 Å². The molecular formula is C49H55N5O19S. The van der Waals surface area contributed by atoms with Gasteiger partial charge in [-0.05, 0) is 60.4 Å². The Morgan fingerprint density at radius 1 is 1.04 bits per heavy atom. The molecule has 0 unspecified atom stereocenters. The van der Waals surface area contributed by atoms with Crippen molar-refractivity contribution in [3.8, 4) is 35.2 Å². The molecule has 396 valence electrons. The Bertz CT molecular complexity index is 3080.